The Morgan fingerprint density at radius 1 is 1.47 bits per heavy atom. The third kappa shape index (κ3) is 3.83. The number of anilines is 1. The van der Waals surface area contributed by atoms with Crippen molar-refractivity contribution in [2.24, 2.45) is 0 Å². The van der Waals surface area contributed by atoms with Crippen LogP contribution < -0.4 is 5.32 Å². The van der Waals surface area contributed by atoms with Crippen LogP contribution in [0.1, 0.15) is 6.42 Å². The minimum Gasteiger partial charge on any atom is -0.481 e. The van der Waals surface area contributed by atoms with Crippen molar-refractivity contribution in [3.63, 3.8) is 0 Å². The van der Waals surface area contributed by atoms with Crippen molar-refractivity contribution in [1.29, 1.82) is 0 Å². The Labute approximate surface area is 104 Å². The molecule has 0 aliphatic rings. The van der Waals surface area contributed by atoms with Gasteiger partial charge in [-0.25, -0.2) is 0 Å². The molecule has 0 atom stereocenters. The number of carboxylic acids is 1. The van der Waals surface area contributed by atoms with E-state index in [0.717, 1.165) is 6.07 Å². The van der Waals surface area contributed by atoms with Gasteiger partial charge in [-0.05, 0) is 28.1 Å². The summed E-state index contributed by atoms with van der Waals surface area (Å²) in [5.74, 6) is -2.01. The third-order valence-electron chi connectivity index (χ3n) is 1.74. The molecule has 8 heteroatoms. The van der Waals surface area contributed by atoms with E-state index in [9.17, 15) is 19.7 Å². The van der Waals surface area contributed by atoms with Crippen molar-refractivity contribution >= 4 is 39.2 Å². The molecule has 0 saturated heterocycles. The summed E-state index contributed by atoms with van der Waals surface area (Å²) in [5.41, 5.74) is -0.0377. The summed E-state index contributed by atoms with van der Waals surface area (Å²) >= 11 is 2.99. The average Bonchev–Trinajstić information content (AvgIpc) is 2.19. The highest BCUT2D eigenvalue weighted by atomic mass is 79.9. The highest BCUT2D eigenvalue weighted by Crippen LogP contribution is 2.27. The van der Waals surface area contributed by atoms with Crippen molar-refractivity contribution in [2.75, 3.05) is 5.32 Å². The molecule has 0 aliphatic carbocycles. The van der Waals surface area contributed by atoms with Crippen molar-refractivity contribution in [2.45, 2.75) is 6.42 Å². The first-order valence-electron chi connectivity index (χ1n) is 4.35. The number of nitro benzene ring substituents is 1. The largest absolute Gasteiger partial charge is 0.481 e. The lowest BCUT2D eigenvalue weighted by atomic mass is 10.2. The Balaban J connectivity index is 2.86. The molecule has 0 fully saturated rings. The number of carbonyl (C=O) groups is 2. The maximum atomic E-state index is 11.1. The van der Waals surface area contributed by atoms with Gasteiger partial charge in [0.15, 0.2) is 0 Å². The zero-order valence-corrected chi connectivity index (χ0v) is 9.93. The fraction of sp³-hybridized carbons (Fsp3) is 0.111. The van der Waals surface area contributed by atoms with Gasteiger partial charge in [-0.2, -0.15) is 0 Å². The van der Waals surface area contributed by atoms with Gasteiger partial charge in [0.2, 0.25) is 5.91 Å². The first-order chi connectivity index (χ1) is 7.90. The summed E-state index contributed by atoms with van der Waals surface area (Å²) in [7, 11) is 0. The normalized spacial score (nSPS) is 9.71. The second-order valence-corrected chi connectivity index (χ2v) is 3.90. The van der Waals surface area contributed by atoms with E-state index in [1.165, 1.54) is 12.1 Å². The number of aliphatic carboxylic acids is 1. The first kappa shape index (κ1) is 13.1. The molecule has 90 valence electrons. The van der Waals surface area contributed by atoms with Gasteiger partial charge in [0, 0.05) is 11.8 Å². The molecule has 0 radical (unpaired) electrons. The minimum absolute atomic E-state index is 0.172. The fourth-order valence-corrected chi connectivity index (χ4v) is 1.46. The molecule has 0 aromatic heterocycles. The number of carboxylic acid groups (broad SMARTS) is 1. The van der Waals surface area contributed by atoms with E-state index < -0.39 is 23.2 Å². The lowest BCUT2D eigenvalue weighted by Crippen LogP contribution is -2.15. The predicted molar refractivity (Wildman–Crippen MR) is 61.7 cm³/mol. The topological polar surface area (TPSA) is 110 Å². The summed E-state index contributed by atoms with van der Waals surface area (Å²) in [5, 5.41) is 21.2. The zero-order chi connectivity index (χ0) is 13.0. The maximum absolute atomic E-state index is 11.1. The van der Waals surface area contributed by atoms with Gasteiger partial charge >= 0.3 is 5.97 Å². The summed E-state index contributed by atoms with van der Waals surface area (Å²) in [4.78, 5) is 31.4. The van der Waals surface area contributed by atoms with Crippen LogP contribution in [0, 0.1) is 10.1 Å². The van der Waals surface area contributed by atoms with Gasteiger partial charge in [0.1, 0.15) is 6.42 Å². The Hall–Kier alpha value is -1.96. The van der Waals surface area contributed by atoms with Gasteiger partial charge < -0.3 is 10.4 Å². The number of nitrogens with zero attached hydrogens (tertiary/aromatic N) is 1. The van der Waals surface area contributed by atoms with Gasteiger partial charge in [0.25, 0.3) is 5.69 Å². The van der Waals surface area contributed by atoms with E-state index in [-0.39, 0.29) is 15.8 Å². The molecular weight excluding hydrogens is 296 g/mol. The van der Waals surface area contributed by atoms with Crippen molar-refractivity contribution in [1.82, 2.24) is 0 Å². The van der Waals surface area contributed by atoms with E-state index in [4.69, 9.17) is 5.11 Å². The van der Waals surface area contributed by atoms with Crippen LogP contribution in [0.5, 0.6) is 0 Å². The van der Waals surface area contributed by atoms with Crippen LogP contribution in [-0.4, -0.2) is 21.9 Å². The second-order valence-electron chi connectivity index (χ2n) is 3.04. The van der Waals surface area contributed by atoms with Gasteiger partial charge in [0.05, 0.1) is 9.40 Å². The molecule has 1 amide bonds. The van der Waals surface area contributed by atoms with Crippen LogP contribution in [0.2, 0.25) is 0 Å². The molecule has 2 N–H and O–H groups in total. The molecule has 1 rings (SSSR count). The third-order valence-corrected chi connectivity index (χ3v) is 2.41. The molecule has 0 unspecified atom stereocenters. The molecule has 0 aliphatic heterocycles. The smallest absolute Gasteiger partial charge is 0.312 e. The molecule has 0 saturated carbocycles. The lowest BCUT2D eigenvalue weighted by molar-refractivity contribution is -0.385. The first-order valence-corrected chi connectivity index (χ1v) is 5.15. The van der Waals surface area contributed by atoms with E-state index in [1.54, 1.807) is 0 Å². The van der Waals surface area contributed by atoms with Crippen LogP contribution in [-0.2, 0) is 9.59 Å². The maximum Gasteiger partial charge on any atom is 0.312 e. The number of halogens is 1. The minimum atomic E-state index is -1.27. The molecule has 0 spiro atoms. The van der Waals surface area contributed by atoms with E-state index in [2.05, 4.69) is 21.2 Å². The highest BCUT2D eigenvalue weighted by Gasteiger charge is 2.14. The van der Waals surface area contributed by atoms with Crippen LogP contribution in [0.25, 0.3) is 0 Å². The molecule has 0 heterocycles. The highest BCUT2D eigenvalue weighted by molar-refractivity contribution is 9.10. The van der Waals surface area contributed by atoms with Crippen molar-refractivity contribution < 1.29 is 19.6 Å². The predicted octanol–water partition coefficient (Wildman–Crippen LogP) is 1.77. The average molecular weight is 303 g/mol. The van der Waals surface area contributed by atoms with Gasteiger partial charge in [-0.3, -0.25) is 19.7 Å². The number of rotatable bonds is 4. The van der Waals surface area contributed by atoms with E-state index >= 15 is 0 Å². The number of amides is 1. The summed E-state index contributed by atoms with van der Waals surface area (Å²) in [6.45, 7) is 0. The molecule has 0 bridgehead atoms. The van der Waals surface area contributed by atoms with Crippen LogP contribution in [0.4, 0.5) is 11.4 Å². The standard InChI is InChI=1S/C9H7BrN2O5/c10-6-2-1-5(3-7(6)12(16)17)11-8(13)4-9(14)15/h1-3H,4H2,(H,11,13)(H,14,15). The second kappa shape index (κ2) is 5.39. The Morgan fingerprint density at radius 3 is 2.65 bits per heavy atom. The Morgan fingerprint density at radius 2 is 2.12 bits per heavy atom. The molecule has 1 aromatic rings. The van der Waals surface area contributed by atoms with Crippen LogP contribution in [0.15, 0.2) is 22.7 Å². The molecule has 7 nitrogen and oxygen atoms in total. The summed E-state index contributed by atoms with van der Waals surface area (Å²) in [6.07, 6.45) is -0.691. The summed E-state index contributed by atoms with van der Waals surface area (Å²) in [6, 6.07) is 3.97. The monoisotopic (exact) mass is 302 g/mol. The van der Waals surface area contributed by atoms with Crippen LogP contribution in [0.3, 0.4) is 0 Å². The summed E-state index contributed by atoms with van der Waals surface area (Å²) < 4.78 is 0.277. The zero-order valence-electron chi connectivity index (χ0n) is 8.34. The number of hydrogen-bond donors (Lipinski definition) is 2. The van der Waals surface area contributed by atoms with Gasteiger partial charge in [-0.15, -0.1) is 0 Å². The SMILES string of the molecule is O=C(O)CC(=O)Nc1ccc(Br)c([N+](=O)[O-])c1. The molecular formula is C9H7BrN2O5. The van der Waals surface area contributed by atoms with Gasteiger partial charge in [-0.1, -0.05) is 0 Å². The van der Waals surface area contributed by atoms with Crippen LogP contribution >= 0.6 is 15.9 Å². The van der Waals surface area contributed by atoms with Crippen molar-refractivity contribution in [3.8, 4) is 0 Å². The number of nitrogens with one attached hydrogen (secondary N) is 1. The number of hydrogen-bond acceptors (Lipinski definition) is 4. The fourth-order valence-electron chi connectivity index (χ4n) is 1.07. The van der Waals surface area contributed by atoms with E-state index in [0.29, 0.717) is 0 Å². The number of benzene rings is 1. The Bertz CT molecular complexity index is 488. The number of carbonyl (C=O) groups excluding carboxylic acids is 1. The Kier molecular flexibility index (Phi) is 4.16. The number of nitro groups is 1. The van der Waals surface area contributed by atoms with Crippen molar-refractivity contribution in [3.05, 3.63) is 32.8 Å². The van der Waals surface area contributed by atoms with E-state index in [1.807, 2.05) is 0 Å². The quantitative estimate of drug-likeness (QED) is 0.500. The molecule has 17 heavy (non-hydrogen) atoms. The molecule has 1 aromatic carbocycles. The lowest BCUT2D eigenvalue weighted by Gasteiger charge is -2.03.